The second-order valence-electron chi connectivity index (χ2n) is 5.43. The number of amides is 1. The number of ether oxygens (including phenoxy) is 2. The molecule has 1 rings (SSSR count). The molecule has 8 nitrogen and oxygen atoms in total. The molecule has 0 saturated heterocycles. The van der Waals surface area contributed by atoms with Crippen LogP contribution in [0.5, 0.6) is 0 Å². The monoisotopic (exact) mass is 351 g/mol. The Morgan fingerprint density at radius 3 is 2.00 bits per heavy atom. The molecule has 0 heterocycles. The summed E-state index contributed by atoms with van der Waals surface area (Å²) in [6.45, 7) is 1.36. The Hall–Kier alpha value is -2.90. The van der Waals surface area contributed by atoms with Crippen LogP contribution in [0.2, 0.25) is 0 Å². The van der Waals surface area contributed by atoms with Gasteiger partial charge in [-0.3, -0.25) is 14.4 Å². The number of nitrogens with one attached hydrogen (secondary N) is 1. The van der Waals surface area contributed by atoms with E-state index >= 15 is 0 Å². The number of carboxylic acid groups (broad SMARTS) is 1. The molecule has 0 fully saturated rings. The van der Waals surface area contributed by atoms with E-state index in [1.807, 2.05) is 0 Å². The molecule has 0 radical (unpaired) electrons. The molecule has 0 spiro atoms. The third-order valence-corrected chi connectivity index (χ3v) is 3.75. The second-order valence-corrected chi connectivity index (χ2v) is 5.43. The summed E-state index contributed by atoms with van der Waals surface area (Å²) in [6.07, 6.45) is -0.0293. The molecule has 8 heteroatoms. The lowest BCUT2D eigenvalue weighted by Gasteiger charge is -2.26. The first-order chi connectivity index (χ1) is 11.8. The average molecular weight is 351 g/mol. The molecule has 2 N–H and O–H groups in total. The summed E-state index contributed by atoms with van der Waals surface area (Å²) < 4.78 is 9.08. The number of carbonyl (C=O) groups excluding carboxylic acids is 3. The van der Waals surface area contributed by atoms with Gasteiger partial charge in [0.15, 0.2) is 5.92 Å². The molecule has 0 saturated carbocycles. The highest BCUT2D eigenvalue weighted by molar-refractivity contribution is 5.96. The van der Waals surface area contributed by atoms with Crippen LogP contribution >= 0.6 is 0 Å². The van der Waals surface area contributed by atoms with Crippen molar-refractivity contribution in [3.8, 4) is 0 Å². The van der Waals surface area contributed by atoms with Crippen molar-refractivity contribution in [1.29, 1.82) is 0 Å². The smallest absolute Gasteiger partial charge is 0.326 e. The Kier molecular flexibility index (Phi) is 7.58. The number of carboxylic acids is 1. The summed E-state index contributed by atoms with van der Waals surface area (Å²) in [4.78, 5) is 47.3. The predicted octanol–water partition coefficient (Wildman–Crippen LogP) is 0.397. The third kappa shape index (κ3) is 5.59. The molecule has 0 aliphatic carbocycles. The number of methoxy groups -OCH3 is 2. The molecule has 1 aromatic carbocycles. The molecule has 0 bridgehead atoms. The standard InChI is InChI=1S/C17H21NO7/c1-10(13(16(22)24-2)17(23)25-3)14(15(20)21)18-12(19)9-11-7-5-4-6-8-11/h4-8,10,13-14H,9H2,1-3H3,(H,18,19)(H,20,21)/t10-,14+/m0/s1. The maximum Gasteiger partial charge on any atom is 0.326 e. The van der Waals surface area contributed by atoms with Crippen molar-refractivity contribution in [3.05, 3.63) is 35.9 Å². The lowest BCUT2D eigenvalue weighted by molar-refractivity contribution is -0.163. The Bertz CT molecular complexity index is 613. The van der Waals surface area contributed by atoms with Gasteiger partial charge in [-0.1, -0.05) is 37.3 Å². The largest absolute Gasteiger partial charge is 0.480 e. The predicted molar refractivity (Wildman–Crippen MR) is 86.4 cm³/mol. The minimum atomic E-state index is -1.46. The van der Waals surface area contributed by atoms with Crippen molar-refractivity contribution in [1.82, 2.24) is 5.32 Å². The fourth-order valence-electron chi connectivity index (χ4n) is 2.40. The summed E-state index contributed by atoms with van der Waals surface area (Å²) in [5.74, 6) is -6.30. The van der Waals surface area contributed by atoms with Crippen LogP contribution < -0.4 is 5.32 Å². The number of rotatable bonds is 8. The molecule has 136 valence electrons. The Morgan fingerprint density at radius 1 is 1.04 bits per heavy atom. The van der Waals surface area contributed by atoms with E-state index in [1.165, 1.54) is 6.92 Å². The summed E-state index contributed by atoms with van der Waals surface area (Å²) in [5, 5.41) is 11.7. The van der Waals surface area contributed by atoms with Gasteiger partial charge in [-0.25, -0.2) is 4.79 Å². The van der Waals surface area contributed by atoms with E-state index in [1.54, 1.807) is 30.3 Å². The number of esters is 2. The van der Waals surface area contributed by atoms with Crippen LogP contribution in [0.4, 0.5) is 0 Å². The highest BCUT2D eigenvalue weighted by Gasteiger charge is 2.41. The Morgan fingerprint density at radius 2 is 1.56 bits per heavy atom. The number of benzene rings is 1. The zero-order chi connectivity index (χ0) is 19.0. The zero-order valence-electron chi connectivity index (χ0n) is 14.2. The lowest BCUT2D eigenvalue weighted by atomic mass is 9.87. The van der Waals surface area contributed by atoms with Crippen LogP contribution in [0.3, 0.4) is 0 Å². The van der Waals surface area contributed by atoms with E-state index in [4.69, 9.17) is 0 Å². The average Bonchev–Trinajstić information content (AvgIpc) is 2.59. The first kappa shape index (κ1) is 20.1. The Labute approximate surface area is 145 Å². The van der Waals surface area contributed by atoms with Gasteiger partial charge in [-0.05, 0) is 5.56 Å². The summed E-state index contributed by atoms with van der Waals surface area (Å²) in [6, 6.07) is 7.30. The first-order valence-corrected chi connectivity index (χ1v) is 7.53. The van der Waals surface area contributed by atoms with Crippen LogP contribution in [-0.2, 0) is 35.1 Å². The lowest BCUT2D eigenvalue weighted by Crippen LogP contribution is -2.50. The van der Waals surface area contributed by atoms with Crippen LogP contribution in [-0.4, -0.2) is 49.2 Å². The van der Waals surface area contributed by atoms with Crippen molar-refractivity contribution in [2.24, 2.45) is 11.8 Å². The maximum atomic E-state index is 12.1. The SMILES string of the molecule is COC(=O)C(C(=O)OC)[C@H](C)[C@@H](NC(=O)Cc1ccccc1)C(=O)O. The molecule has 0 aromatic heterocycles. The summed E-state index contributed by atoms with van der Waals surface area (Å²) in [7, 11) is 2.16. The number of carbonyl (C=O) groups is 4. The fourth-order valence-corrected chi connectivity index (χ4v) is 2.40. The highest BCUT2D eigenvalue weighted by Crippen LogP contribution is 2.20. The fraction of sp³-hybridized carbons (Fsp3) is 0.412. The minimum Gasteiger partial charge on any atom is -0.480 e. The highest BCUT2D eigenvalue weighted by atomic mass is 16.5. The number of aliphatic carboxylic acids is 1. The molecule has 2 atom stereocenters. The van der Waals surface area contributed by atoms with Crippen molar-refractivity contribution in [3.63, 3.8) is 0 Å². The topological polar surface area (TPSA) is 119 Å². The number of hydrogen-bond donors (Lipinski definition) is 2. The molecule has 25 heavy (non-hydrogen) atoms. The zero-order valence-corrected chi connectivity index (χ0v) is 14.2. The molecule has 1 amide bonds. The van der Waals surface area contributed by atoms with Crippen molar-refractivity contribution in [2.75, 3.05) is 14.2 Å². The van der Waals surface area contributed by atoms with Gasteiger partial charge in [0.25, 0.3) is 0 Å². The minimum absolute atomic E-state index is 0.0293. The normalized spacial score (nSPS) is 12.8. The molecule has 0 aliphatic heterocycles. The van der Waals surface area contributed by atoms with E-state index in [0.717, 1.165) is 14.2 Å². The first-order valence-electron chi connectivity index (χ1n) is 7.53. The van der Waals surface area contributed by atoms with Gasteiger partial charge >= 0.3 is 17.9 Å². The maximum absolute atomic E-state index is 12.1. The third-order valence-electron chi connectivity index (χ3n) is 3.75. The van der Waals surface area contributed by atoms with Gasteiger partial charge < -0.3 is 19.9 Å². The molecule has 1 aromatic rings. The Balaban J connectivity index is 2.93. The van der Waals surface area contributed by atoms with E-state index in [2.05, 4.69) is 14.8 Å². The van der Waals surface area contributed by atoms with Gasteiger partial charge in [0, 0.05) is 5.92 Å². The van der Waals surface area contributed by atoms with E-state index in [-0.39, 0.29) is 6.42 Å². The van der Waals surface area contributed by atoms with Gasteiger partial charge in [0.1, 0.15) is 6.04 Å². The van der Waals surface area contributed by atoms with E-state index in [9.17, 15) is 24.3 Å². The van der Waals surface area contributed by atoms with E-state index < -0.39 is 41.7 Å². The summed E-state index contributed by atoms with van der Waals surface area (Å²) >= 11 is 0. The van der Waals surface area contributed by atoms with Gasteiger partial charge in [0.05, 0.1) is 20.6 Å². The molecular weight excluding hydrogens is 330 g/mol. The molecule has 0 aliphatic rings. The summed E-state index contributed by atoms with van der Waals surface area (Å²) in [5.41, 5.74) is 0.703. The van der Waals surface area contributed by atoms with Gasteiger partial charge in [0.2, 0.25) is 5.91 Å². The van der Waals surface area contributed by atoms with Crippen LogP contribution in [0.25, 0.3) is 0 Å². The van der Waals surface area contributed by atoms with Crippen molar-refractivity contribution in [2.45, 2.75) is 19.4 Å². The van der Waals surface area contributed by atoms with E-state index in [0.29, 0.717) is 5.56 Å². The molecule has 0 unspecified atom stereocenters. The van der Waals surface area contributed by atoms with Crippen LogP contribution in [0.15, 0.2) is 30.3 Å². The van der Waals surface area contributed by atoms with Gasteiger partial charge in [-0.15, -0.1) is 0 Å². The van der Waals surface area contributed by atoms with Crippen molar-refractivity contribution < 1.29 is 33.8 Å². The van der Waals surface area contributed by atoms with Gasteiger partial charge in [-0.2, -0.15) is 0 Å². The van der Waals surface area contributed by atoms with Crippen LogP contribution in [0.1, 0.15) is 12.5 Å². The van der Waals surface area contributed by atoms with Crippen molar-refractivity contribution >= 4 is 23.8 Å². The quantitative estimate of drug-likeness (QED) is 0.514. The van der Waals surface area contributed by atoms with Crippen LogP contribution in [0, 0.1) is 11.8 Å². The molecular formula is C17H21NO7. The number of hydrogen-bond acceptors (Lipinski definition) is 6. The second kappa shape index (κ2) is 9.41.